The molecule has 210 valence electrons. The molecule has 1 N–H and O–H groups in total. The summed E-state index contributed by atoms with van der Waals surface area (Å²) >= 11 is 0. The number of unbranched alkanes of at least 4 members (excludes halogenated alkanes) is 1. The summed E-state index contributed by atoms with van der Waals surface area (Å²) in [5.41, 5.74) is 6.37. The van der Waals surface area contributed by atoms with E-state index in [0.717, 1.165) is 42.0 Å². The van der Waals surface area contributed by atoms with Gasteiger partial charge in [0.25, 0.3) is 0 Å². The van der Waals surface area contributed by atoms with Crippen molar-refractivity contribution in [3.05, 3.63) is 119 Å². The van der Waals surface area contributed by atoms with Gasteiger partial charge in [-0.3, -0.25) is 9.79 Å². The second kappa shape index (κ2) is 9.29. The van der Waals surface area contributed by atoms with E-state index in [1.165, 1.54) is 32.8 Å². The van der Waals surface area contributed by atoms with Crippen LogP contribution in [0.2, 0.25) is 0 Å². The molecule has 0 amide bonds. The molecule has 3 aliphatic rings. The number of ketones is 1. The van der Waals surface area contributed by atoms with Gasteiger partial charge < -0.3 is 10.0 Å². The first-order valence-corrected chi connectivity index (χ1v) is 15.0. The van der Waals surface area contributed by atoms with Crippen molar-refractivity contribution in [2.45, 2.75) is 58.3 Å². The molecule has 0 fully saturated rings. The van der Waals surface area contributed by atoms with Gasteiger partial charge in [-0.05, 0) is 63.4 Å². The molecule has 4 nitrogen and oxygen atoms in total. The number of hydrogen-bond donors (Lipinski definition) is 1. The minimum Gasteiger partial charge on any atom is -0.506 e. The molecule has 1 aliphatic carbocycles. The Morgan fingerprint density at radius 1 is 0.810 bits per heavy atom. The van der Waals surface area contributed by atoms with Gasteiger partial charge in [0, 0.05) is 28.8 Å². The van der Waals surface area contributed by atoms with Crippen LogP contribution in [0.25, 0.3) is 21.5 Å². The molecule has 0 unspecified atom stereocenters. The van der Waals surface area contributed by atoms with Gasteiger partial charge in [0.15, 0.2) is 0 Å². The number of allylic oxidation sites excluding steroid dienone is 5. The summed E-state index contributed by atoms with van der Waals surface area (Å²) in [5, 5.41) is 16.1. The predicted molar refractivity (Wildman–Crippen MR) is 174 cm³/mol. The van der Waals surface area contributed by atoms with Gasteiger partial charge in [0.05, 0.1) is 22.5 Å². The third-order valence-electron chi connectivity index (χ3n) is 9.46. The normalized spacial score (nSPS) is 20.5. The smallest absolute Gasteiger partial charge is 0.200 e. The number of Topliss-reactive ketones (excluding diaryl/α,β-unsaturated/α-hetero) is 1. The number of anilines is 1. The molecule has 0 saturated carbocycles. The largest absolute Gasteiger partial charge is 0.506 e. The zero-order valence-corrected chi connectivity index (χ0v) is 25.0. The molecule has 4 aromatic carbocycles. The highest BCUT2D eigenvalue weighted by Crippen LogP contribution is 2.52. The lowest BCUT2D eigenvalue weighted by atomic mass is 9.76. The minimum absolute atomic E-state index is 0.0545. The van der Waals surface area contributed by atoms with E-state index in [1.54, 1.807) is 6.08 Å². The number of fused-ring (bicyclic) bond motifs is 6. The van der Waals surface area contributed by atoms with Crippen LogP contribution in [0.15, 0.2) is 113 Å². The maximum Gasteiger partial charge on any atom is 0.200 e. The number of carbonyl (C=O) groups is 1. The Labute approximate surface area is 247 Å². The third kappa shape index (κ3) is 3.67. The molecule has 2 aliphatic heterocycles. The highest BCUT2D eigenvalue weighted by molar-refractivity contribution is 6.25. The van der Waals surface area contributed by atoms with Gasteiger partial charge in [-0.2, -0.15) is 0 Å². The summed E-state index contributed by atoms with van der Waals surface area (Å²) in [7, 11) is 0. The van der Waals surface area contributed by atoms with Gasteiger partial charge in [-0.1, -0.05) is 102 Å². The number of nitrogens with zero attached hydrogens (tertiary/aromatic N) is 2. The van der Waals surface area contributed by atoms with Crippen LogP contribution in [0.1, 0.15) is 58.6 Å². The fraction of sp³-hybridized carbons (Fsp3) is 0.263. The number of benzene rings is 4. The monoisotopic (exact) mass is 552 g/mol. The zero-order chi connectivity index (χ0) is 29.4. The van der Waals surface area contributed by atoms with Crippen molar-refractivity contribution in [1.29, 1.82) is 0 Å². The number of hydrogen-bond acceptors (Lipinski definition) is 4. The van der Waals surface area contributed by atoms with Crippen LogP contribution in [-0.4, -0.2) is 23.1 Å². The number of rotatable bonds is 5. The second-order valence-electron chi connectivity index (χ2n) is 12.8. The van der Waals surface area contributed by atoms with Gasteiger partial charge in [-0.25, -0.2) is 0 Å². The molecule has 4 aromatic rings. The van der Waals surface area contributed by atoms with Crippen molar-refractivity contribution in [2.75, 3.05) is 11.4 Å². The Bertz CT molecular complexity index is 1950. The van der Waals surface area contributed by atoms with Crippen molar-refractivity contribution in [3.63, 3.8) is 0 Å². The van der Waals surface area contributed by atoms with Gasteiger partial charge in [0.2, 0.25) is 5.78 Å². The standard InChI is InChI=1S/C38H36N2O2/c1-6-7-20-40-30-19-17-24-13-9-11-15-26(24)34(30)38(4,5)32(40)22-28-35(41)27(36(28)42)21-31-37(2,3)33-25-14-10-8-12-23(25)16-18-29(33)39-31/h8-19,21-22,41H,6-7,20H2,1-5H3/b27-21-,32-22+. The Morgan fingerprint density at radius 2 is 1.45 bits per heavy atom. The van der Waals surface area contributed by atoms with Gasteiger partial charge >= 0.3 is 0 Å². The third-order valence-corrected chi connectivity index (χ3v) is 9.46. The molecule has 42 heavy (non-hydrogen) atoms. The number of aliphatic hydroxyl groups excluding tert-OH is 1. The van der Waals surface area contributed by atoms with E-state index in [4.69, 9.17) is 4.99 Å². The van der Waals surface area contributed by atoms with E-state index in [9.17, 15) is 9.90 Å². The van der Waals surface area contributed by atoms with Gasteiger partial charge in [0.1, 0.15) is 5.76 Å². The molecular weight excluding hydrogens is 516 g/mol. The van der Waals surface area contributed by atoms with Crippen LogP contribution in [0.4, 0.5) is 11.4 Å². The quantitative estimate of drug-likeness (QED) is 0.251. The van der Waals surface area contributed by atoms with E-state index < -0.39 is 5.41 Å². The topological polar surface area (TPSA) is 52.9 Å². The Morgan fingerprint density at radius 3 is 2.12 bits per heavy atom. The number of aliphatic imine (C=N–C) groups is 1. The molecule has 0 saturated heterocycles. The maximum absolute atomic E-state index is 13.7. The number of aliphatic hydroxyl groups is 1. The summed E-state index contributed by atoms with van der Waals surface area (Å²) in [5.74, 6) is -0.0785. The summed E-state index contributed by atoms with van der Waals surface area (Å²) in [4.78, 5) is 20.9. The van der Waals surface area contributed by atoms with Gasteiger partial charge in [-0.15, -0.1) is 0 Å². The predicted octanol–water partition coefficient (Wildman–Crippen LogP) is 9.16. The van der Waals surface area contributed by atoms with Crippen LogP contribution in [0.5, 0.6) is 0 Å². The Hall–Kier alpha value is -4.44. The summed E-state index contributed by atoms with van der Waals surface area (Å²) in [6.45, 7) is 11.8. The SMILES string of the molecule is CCCCN1/C(=C/C2=C(O)C(=C/C3=Nc4ccc5ccccc5c4C3(C)C)/C2=O)C(C)(C)c2c1ccc1ccccc21. The van der Waals surface area contributed by atoms with E-state index in [2.05, 4.69) is 94.1 Å². The lowest BCUT2D eigenvalue weighted by Crippen LogP contribution is -2.31. The van der Waals surface area contributed by atoms with Crippen molar-refractivity contribution < 1.29 is 9.90 Å². The van der Waals surface area contributed by atoms with E-state index in [1.807, 2.05) is 24.3 Å². The first-order valence-electron chi connectivity index (χ1n) is 15.0. The maximum atomic E-state index is 13.7. The first kappa shape index (κ1) is 26.5. The van der Waals surface area contributed by atoms with Crippen LogP contribution in [-0.2, 0) is 15.6 Å². The van der Waals surface area contributed by atoms with Crippen molar-refractivity contribution in [2.24, 2.45) is 4.99 Å². The molecule has 7 rings (SSSR count). The lowest BCUT2D eigenvalue weighted by Gasteiger charge is -2.29. The molecule has 0 aromatic heterocycles. The average Bonchev–Trinajstić information content (AvgIpc) is 3.38. The highest BCUT2D eigenvalue weighted by Gasteiger charge is 2.44. The van der Waals surface area contributed by atoms with Crippen LogP contribution < -0.4 is 4.90 Å². The zero-order valence-electron chi connectivity index (χ0n) is 25.0. The summed E-state index contributed by atoms with van der Waals surface area (Å²) in [6.07, 6.45) is 5.84. The van der Waals surface area contributed by atoms with E-state index in [0.29, 0.717) is 11.1 Å². The summed E-state index contributed by atoms with van der Waals surface area (Å²) < 4.78 is 0. The van der Waals surface area contributed by atoms with Crippen LogP contribution in [0, 0.1) is 0 Å². The van der Waals surface area contributed by atoms with Crippen molar-refractivity contribution in [3.8, 4) is 0 Å². The Kier molecular flexibility index (Phi) is 5.85. The molecule has 0 radical (unpaired) electrons. The number of carbonyl (C=O) groups excluding carboxylic acids is 1. The first-order chi connectivity index (χ1) is 20.1. The molecule has 4 heteroatoms. The van der Waals surface area contributed by atoms with E-state index >= 15 is 0 Å². The fourth-order valence-electron chi connectivity index (χ4n) is 7.16. The molecule has 0 spiro atoms. The molecule has 0 atom stereocenters. The lowest BCUT2D eigenvalue weighted by molar-refractivity contribution is -0.113. The Balaban J connectivity index is 1.29. The van der Waals surface area contributed by atoms with Crippen molar-refractivity contribution >= 4 is 44.4 Å². The summed E-state index contributed by atoms with van der Waals surface area (Å²) in [6, 6.07) is 25.4. The van der Waals surface area contributed by atoms with Crippen LogP contribution in [0.3, 0.4) is 0 Å². The highest BCUT2D eigenvalue weighted by atomic mass is 16.3. The second-order valence-corrected chi connectivity index (χ2v) is 12.8. The molecule has 0 bridgehead atoms. The average molecular weight is 553 g/mol. The van der Waals surface area contributed by atoms with Crippen molar-refractivity contribution in [1.82, 2.24) is 0 Å². The molecular formula is C38H36N2O2. The van der Waals surface area contributed by atoms with E-state index in [-0.39, 0.29) is 17.0 Å². The molecule has 2 heterocycles. The fourth-order valence-corrected chi connectivity index (χ4v) is 7.16. The minimum atomic E-state index is -0.398. The van der Waals surface area contributed by atoms with Crippen LogP contribution >= 0.6 is 0 Å².